The molecule has 0 saturated carbocycles. The van der Waals surface area contributed by atoms with Crippen LogP contribution in [0.1, 0.15) is 42.2 Å². The average molecular weight is 441 g/mol. The van der Waals surface area contributed by atoms with Gasteiger partial charge in [0, 0.05) is 39.3 Å². The molecule has 0 aromatic heterocycles. The molecule has 2 N–H and O–H groups in total. The molecule has 6 heteroatoms. The van der Waals surface area contributed by atoms with E-state index in [1.54, 1.807) is 18.2 Å². The van der Waals surface area contributed by atoms with Crippen LogP contribution in [0.2, 0.25) is 10.0 Å². The Bertz CT molecular complexity index is 1070. The lowest BCUT2D eigenvalue weighted by atomic mass is 9.93. The number of aromatic hydroxyl groups is 1. The number of hydrogen-bond donors (Lipinski definition) is 2. The Hall–Kier alpha value is -2.53. The Labute approximate surface area is 186 Å². The molecule has 0 aliphatic carbocycles. The van der Waals surface area contributed by atoms with Crippen molar-refractivity contribution in [3.63, 3.8) is 0 Å². The summed E-state index contributed by atoms with van der Waals surface area (Å²) < 4.78 is 5.56. The molecule has 1 aliphatic rings. The second-order valence-electron chi connectivity index (χ2n) is 7.08. The number of nitrogens with zero attached hydrogens (tertiary/aromatic N) is 1. The van der Waals surface area contributed by atoms with Gasteiger partial charge < -0.3 is 9.84 Å². The number of ether oxygens (including phenoxy) is 1. The van der Waals surface area contributed by atoms with Crippen molar-refractivity contribution in [2.45, 2.75) is 25.6 Å². The van der Waals surface area contributed by atoms with Gasteiger partial charge in [0.1, 0.15) is 17.7 Å². The minimum Gasteiger partial charge on any atom is -0.508 e. The van der Waals surface area contributed by atoms with Crippen molar-refractivity contribution in [2.75, 3.05) is 6.61 Å². The fourth-order valence-electron chi connectivity index (χ4n) is 3.65. The number of phenolic OH excluding ortho intramolecular Hbond substituents is 1. The fourth-order valence-corrected chi connectivity index (χ4v) is 4.07. The number of phenols is 1. The van der Waals surface area contributed by atoms with E-state index in [1.165, 1.54) is 0 Å². The smallest absolute Gasteiger partial charge is 0.127 e. The van der Waals surface area contributed by atoms with Gasteiger partial charge in [-0.2, -0.15) is 0 Å². The summed E-state index contributed by atoms with van der Waals surface area (Å²) in [5.74, 6) is 1.02. The van der Waals surface area contributed by atoms with Crippen LogP contribution in [0.4, 0.5) is 0 Å². The summed E-state index contributed by atoms with van der Waals surface area (Å²) >= 11 is 12.7. The van der Waals surface area contributed by atoms with Gasteiger partial charge in [-0.25, -0.2) is 0 Å². The maximum Gasteiger partial charge on any atom is 0.127 e. The monoisotopic (exact) mass is 440 g/mol. The molecule has 1 heterocycles. The van der Waals surface area contributed by atoms with Crippen LogP contribution in [0.15, 0.2) is 71.7 Å². The van der Waals surface area contributed by atoms with Gasteiger partial charge in [0.15, 0.2) is 0 Å². The lowest BCUT2D eigenvalue weighted by molar-refractivity contribution is 0.340. The normalized spacial score (nSPS) is 18.7. The molecule has 0 spiro atoms. The zero-order valence-corrected chi connectivity index (χ0v) is 18.0. The highest BCUT2D eigenvalue weighted by atomic mass is 35.5. The zero-order valence-electron chi connectivity index (χ0n) is 16.5. The summed E-state index contributed by atoms with van der Waals surface area (Å²) in [6.45, 7) is 2.58. The first-order valence-electron chi connectivity index (χ1n) is 9.84. The molecule has 4 nitrogen and oxygen atoms in total. The maximum absolute atomic E-state index is 10.5. The van der Waals surface area contributed by atoms with Crippen molar-refractivity contribution >= 4 is 28.9 Å². The Balaban J connectivity index is 1.75. The molecule has 30 heavy (non-hydrogen) atoms. The van der Waals surface area contributed by atoms with Crippen LogP contribution < -0.4 is 10.1 Å². The summed E-state index contributed by atoms with van der Waals surface area (Å²) in [6.07, 6.45) is 0.250. The predicted octanol–water partition coefficient (Wildman–Crippen LogP) is 6.32. The number of benzene rings is 3. The van der Waals surface area contributed by atoms with Gasteiger partial charge in [-0.15, -0.1) is 0 Å². The molecule has 0 bridgehead atoms. The van der Waals surface area contributed by atoms with E-state index in [1.807, 2.05) is 55.5 Å². The first-order valence-corrected chi connectivity index (χ1v) is 10.6. The minimum absolute atomic E-state index is 0.177. The summed E-state index contributed by atoms with van der Waals surface area (Å²) in [4.78, 5) is 4.95. The number of nitrogens with one attached hydrogen (secondary N) is 1. The highest BCUT2D eigenvalue weighted by Gasteiger charge is 2.28. The molecule has 2 atom stereocenters. The first-order chi connectivity index (χ1) is 14.5. The number of aliphatic imine (C=N–C) groups is 1. The van der Waals surface area contributed by atoms with Gasteiger partial charge in [0.05, 0.1) is 6.61 Å². The molecule has 0 fully saturated rings. The van der Waals surface area contributed by atoms with Crippen LogP contribution in [-0.2, 0) is 0 Å². The molecule has 154 valence electrons. The van der Waals surface area contributed by atoms with Crippen LogP contribution in [0.25, 0.3) is 0 Å². The Kier molecular flexibility index (Phi) is 6.28. The van der Waals surface area contributed by atoms with E-state index in [0.717, 1.165) is 28.2 Å². The minimum atomic E-state index is -0.350. The SMILES string of the molecule is CCOc1ccc(C2=N[C@@H](c3ccccc3Cl)N[C@H](c3cc(Cl)ccc3O)C2)cc1. The van der Waals surface area contributed by atoms with Gasteiger partial charge >= 0.3 is 0 Å². The van der Waals surface area contributed by atoms with Crippen molar-refractivity contribution in [1.82, 2.24) is 5.32 Å². The van der Waals surface area contributed by atoms with Crippen molar-refractivity contribution in [2.24, 2.45) is 4.99 Å². The second kappa shape index (κ2) is 9.09. The Morgan fingerprint density at radius 2 is 1.80 bits per heavy atom. The molecular formula is C24H22Cl2N2O2. The Morgan fingerprint density at radius 1 is 1.03 bits per heavy atom. The topological polar surface area (TPSA) is 53.8 Å². The predicted molar refractivity (Wildman–Crippen MR) is 122 cm³/mol. The summed E-state index contributed by atoms with van der Waals surface area (Å²) in [6, 6.07) is 20.5. The molecule has 3 aromatic rings. The third-order valence-electron chi connectivity index (χ3n) is 5.10. The van der Waals surface area contributed by atoms with E-state index in [2.05, 4.69) is 5.32 Å². The van der Waals surface area contributed by atoms with Crippen LogP contribution in [0.3, 0.4) is 0 Å². The van der Waals surface area contributed by atoms with E-state index in [-0.39, 0.29) is 18.0 Å². The molecule has 0 saturated heterocycles. The lowest BCUT2D eigenvalue weighted by Gasteiger charge is -2.31. The zero-order chi connectivity index (χ0) is 21.1. The maximum atomic E-state index is 10.5. The van der Waals surface area contributed by atoms with Crippen molar-refractivity contribution < 1.29 is 9.84 Å². The first kappa shape index (κ1) is 20.7. The quantitative estimate of drug-likeness (QED) is 0.487. The third-order valence-corrected chi connectivity index (χ3v) is 5.68. The van der Waals surface area contributed by atoms with Gasteiger partial charge in [-0.1, -0.05) is 41.4 Å². The van der Waals surface area contributed by atoms with Crippen molar-refractivity contribution in [3.8, 4) is 11.5 Å². The number of halogens is 2. The van der Waals surface area contributed by atoms with Crippen LogP contribution in [0, 0.1) is 0 Å². The Morgan fingerprint density at radius 3 is 2.53 bits per heavy atom. The van der Waals surface area contributed by atoms with E-state index in [4.69, 9.17) is 32.9 Å². The summed E-state index contributed by atoms with van der Waals surface area (Å²) in [5, 5.41) is 15.2. The van der Waals surface area contributed by atoms with E-state index in [9.17, 15) is 5.11 Å². The molecule has 0 unspecified atom stereocenters. The van der Waals surface area contributed by atoms with Crippen LogP contribution in [-0.4, -0.2) is 17.4 Å². The number of hydrogen-bond acceptors (Lipinski definition) is 4. The van der Waals surface area contributed by atoms with Gasteiger partial charge in [-0.3, -0.25) is 10.3 Å². The second-order valence-corrected chi connectivity index (χ2v) is 7.93. The third kappa shape index (κ3) is 4.46. The average Bonchev–Trinajstić information content (AvgIpc) is 2.76. The molecule has 3 aromatic carbocycles. The van der Waals surface area contributed by atoms with Gasteiger partial charge in [0.2, 0.25) is 0 Å². The van der Waals surface area contributed by atoms with Crippen LogP contribution >= 0.6 is 23.2 Å². The highest BCUT2D eigenvalue weighted by Crippen LogP contribution is 2.37. The lowest BCUT2D eigenvalue weighted by Crippen LogP contribution is -2.33. The van der Waals surface area contributed by atoms with E-state index >= 15 is 0 Å². The standard InChI is InChI=1S/C24H22Cl2N2O2/c1-2-30-17-10-7-15(8-11-17)21-14-22(19-13-16(25)9-12-23(19)29)28-24(27-21)18-5-3-4-6-20(18)26/h3-13,22,24,28-29H,2,14H2,1H3/t22-,24+/m0/s1. The molecular weight excluding hydrogens is 419 g/mol. The van der Waals surface area contributed by atoms with Crippen LogP contribution in [0.5, 0.6) is 11.5 Å². The molecule has 4 rings (SSSR count). The summed E-state index contributed by atoms with van der Waals surface area (Å²) in [7, 11) is 0. The number of rotatable bonds is 5. The van der Waals surface area contributed by atoms with E-state index in [0.29, 0.717) is 23.1 Å². The van der Waals surface area contributed by atoms with E-state index < -0.39 is 0 Å². The molecule has 1 aliphatic heterocycles. The largest absolute Gasteiger partial charge is 0.508 e. The molecule has 0 amide bonds. The highest BCUT2D eigenvalue weighted by molar-refractivity contribution is 6.31. The summed E-state index contributed by atoms with van der Waals surface area (Å²) in [5.41, 5.74) is 3.54. The molecule has 0 radical (unpaired) electrons. The van der Waals surface area contributed by atoms with Gasteiger partial charge in [-0.05, 0) is 61.0 Å². The van der Waals surface area contributed by atoms with Crippen molar-refractivity contribution in [1.29, 1.82) is 0 Å². The van der Waals surface area contributed by atoms with Crippen molar-refractivity contribution in [3.05, 3.63) is 93.5 Å². The van der Waals surface area contributed by atoms with Gasteiger partial charge in [0.25, 0.3) is 0 Å². The fraction of sp³-hybridized carbons (Fsp3) is 0.208.